The number of rotatable bonds is 16. The molecule has 17 heteroatoms. The van der Waals surface area contributed by atoms with Gasteiger partial charge in [0.15, 0.2) is 0 Å². The van der Waals surface area contributed by atoms with Gasteiger partial charge in [0, 0.05) is 90.3 Å². The van der Waals surface area contributed by atoms with Crippen LogP contribution in [0.5, 0.6) is 0 Å². The van der Waals surface area contributed by atoms with E-state index in [0.717, 1.165) is 145 Å². The summed E-state index contributed by atoms with van der Waals surface area (Å²) < 4.78 is 0. The molecular formula is C68H64N8O8Sn. The first kappa shape index (κ1) is 61.9. The fourth-order valence-corrected chi connectivity index (χ4v) is 11.5. The zero-order valence-electron chi connectivity index (χ0n) is 49.0. The molecule has 6 aromatic rings. The smallest absolute Gasteiger partial charge is 0.550 e. The number of aliphatic carboxylic acids is 4. The second kappa shape index (κ2) is 25.4. The number of aryl methyl sites for hydroxylation is 6. The van der Waals surface area contributed by atoms with Crippen molar-refractivity contribution < 1.29 is 39.6 Å². The van der Waals surface area contributed by atoms with Gasteiger partial charge < -0.3 is 59.5 Å². The molecule has 0 saturated carbocycles. The average molecular weight is 1240 g/mol. The SMILES string of the molecule is C=CC1=C(C)c2cc3[nH]c(cc4nc(cc5[nH]c(cc1n2)c(C)c5CCC(=O)[O-])C(CCC(=O)[O-])=C4C)c(C)c3C=C.C=CC1=C(C)c2cc3[nH]c(cc4nc(cc5[nH]c(cc1n2)c(C)c5CCC(=O)[O-])C(CCC(=O)[O-])=C4C)c(C)c3C=C.[Sn+4]. The van der Waals surface area contributed by atoms with Crippen LogP contribution in [0.2, 0.25) is 0 Å². The summed E-state index contributed by atoms with van der Waals surface area (Å²) in [6, 6.07) is 15.6. The predicted molar refractivity (Wildman–Crippen MR) is 332 cm³/mol. The number of carboxylic acids is 4. The van der Waals surface area contributed by atoms with E-state index < -0.39 is 23.9 Å². The maximum Gasteiger partial charge on any atom is 4.00 e. The number of H-pyrrole nitrogens is 4. The molecule has 10 heterocycles. The molecular weight excluding hydrogens is 1180 g/mol. The maximum atomic E-state index is 11.4. The Hall–Kier alpha value is -9.16. The van der Waals surface area contributed by atoms with Crippen molar-refractivity contribution >= 4 is 149 Å². The van der Waals surface area contributed by atoms with Crippen LogP contribution in [0.15, 0.2) is 87.0 Å². The van der Waals surface area contributed by atoms with E-state index in [1.807, 2.05) is 116 Å². The Labute approximate surface area is 509 Å². The van der Waals surface area contributed by atoms with Crippen molar-refractivity contribution in [3.8, 4) is 0 Å². The summed E-state index contributed by atoms with van der Waals surface area (Å²) >= 11 is 0. The van der Waals surface area contributed by atoms with Crippen LogP contribution in [0.3, 0.4) is 0 Å². The van der Waals surface area contributed by atoms with Crippen molar-refractivity contribution in [1.82, 2.24) is 39.9 Å². The number of allylic oxidation sites excluding steroid dienone is 10. The largest absolute Gasteiger partial charge is 4.00 e. The third-order valence-corrected chi connectivity index (χ3v) is 16.4. The summed E-state index contributed by atoms with van der Waals surface area (Å²) in [7, 11) is 0. The number of aromatic amines is 4. The Kier molecular flexibility index (Phi) is 18.5. The van der Waals surface area contributed by atoms with Gasteiger partial charge >= 0.3 is 23.9 Å². The number of carbonyl (C=O) groups excluding carboxylic acids is 4. The minimum Gasteiger partial charge on any atom is -0.550 e. The van der Waals surface area contributed by atoms with Crippen molar-refractivity contribution in [2.24, 2.45) is 0 Å². The third-order valence-electron chi connectivity index (χ3n) is 16.4. The Balaban J connectivity index is 0.000000219. The van der Waals surface area contributed by atoms with Crippen LogP contribution in [-0.2, 0) is 32.0 Å². The predicted octanol–water partition coefficient (Wildman–Crippen LogP) is 9.29. The molecule has 0 fully saturated rings. The summed E-state index contributed by atoms with van der Waals surface area (Å²) in [6.07, 6.45) is 7.62. The van der Waals surface area contributed by atoms with Crippen LogP contribution in [0, 0.1) is 27.7 Å². The van der Waals surface area contributed by atoms with Gasteiger partial charge in [-0.05, 0) is 222 Å². The van der Waals surface area contributed by atoms with Crippen LogP contribution in [-0.4, -0.2) is 87.7 Å². The van der Waals surface area contributed by atoms with Crippen LogP contribution >= 0.6 is 0 Å². The van der Waals surface area contributed by atoms with Gasteiger partial charge in [0.05, 0.1) is 45.6 Å². The summed E-state index contributed by atoms with van der Waals surface area (Å²) in [5.74, 6) is -4.56. The molecule has 0 aromatic carbocycles. The van der Waals surface area contributed by atoms with Crippen LogP contribution in [0.4, 0.5) is 0 Å². The number of nitrogens with zero attached hydrogens (tertiary/aromatic N) is 4. The molecule has 16 nitrogen and oxygen atoms in total. The molecule has 428 valence electrons. The Bertz CT molecular complexity index is 4120. The number of hydrogen-bond donors (Lipinski definition) is 4. The number of hydrogen-bond acceptors (Lipinski definition) is 12. The molecule has 0 atom stereocenters. The molecule has 0 spiro atoms. The number of carbonyl (C=O) groups is 4. The van der Waals surface area contributed by atoms with Crippen molar-refractivity contribution in [3.63, 3.8) is 0 Å². The molecule has 0 unspecified atom stereocenters. The van der Waals surface area contributed by atoms with Crippen LogP contribution < -0.4 is 20.4 Å². The molecule has 0 radical (unpaired) electrons. The molecule has 0 amide bonds. The number of fused-ring (bicyclic) bond motifs is 16. The summed E-state index contributed by atoms with van der Waals surface area (Å²) in [4.78, 5) is 79.3. The van der Waals surface area contributed by atoms with Crippen LogP contribution in [0.25, 0.3) is 101 Å². The van der Waals surface area contributed by atoms with E-state index in [2.05, 4.69) is 46.3 Å². The van der Waals surface area contributed by atoms with Crippen molar-refractivity contribution in [2.45, 2.75) is 107 Å². The van der Waals surface area contributed by atoms with E-state index in [1.165, 1.54) is 0 Å². The van der Waals surface area contributed by atoms with Crippen molar-refractivity contribution in [3.05, 3.63) is 177 Å². The molecule has 6 aromatic heterocycles. The number of nitrogens with one attached hydrogen (secondary N) is 4. The summed E-state index contributed by atoms with van der Waals surface area (Å²) in [5.41, 5.74) is 26.5. The van der Waals surface area contributed by atoms with Gasteiger partial charge in [0.2, 0.25) is 0 Å². The molecule has 16 bridgehead atoms. The van der Waals surface area contributed by atoms with E-state index in [-0.39, 0.29) is 75.3 Å². The summed E-state index contributed by atoms with van der Waals surface area (Å²) in [6.45, 7) is 31.9. The van der Waals surface area contributed by atoms with Gasteiger partial charge in [-0.15, -0.1) is 0 Å². The molecule has 4 aliphatic rings. The molecule has 4 aliphatic heterocycles. The second-order valence-corrected chi connectivity index (χ2v) is 21.4. The number of aromatic nitrogens is 8. The van der Waals surface area contributed by atoms with E-state index in [4.69, 9.17) is 19.9 Å². The van der Waals surface area contributed by atoms with Gasteiger partial charge in [-0.1, -0.05) is 50.6 Å². The molecule has 0 aliphatic carbocycles. The van der Waals surface area contributed by atoms with E-state index in [9.17, 15) is 39.6 Å². The van der Waals surface area contributed by atoms with Crippen molar-refractivity contribution in [1.29, 1.82) is 0 Å². The summed E-state index contributed by atoms with van der Waals surface area (Å²) in [5, 5.41) is 45.6. The van der Waals surface area contributed by atoms with Gasteiger partial charge in [-0.2, -0.15) is 0 Å². The van der Waals surface area contributed by atoms with E-state index in [1.54, 1.807) is 12.2 Å². The quantitative estimate of drug-likeness (QED) is 0.0660. The minimum atomic E-state index is -1.14. The Morgan fingerprint density at radius 2 is 0.635 bits per heavy atom. The Morgan fingerprint density at radius 3 is 0.965 bits per heavy atom. The van der Waals surface area contributed by atoms with Gasteiger partial charge in [0.1, 0.15) is 0 Å². The zero-order chi connectivity index (χ0) is 60.6. The van der Waals surface area contributed by atoms with Gasteiger partial charge in [-0.25, -0.2) is 19.9 Å². The van der Waals surface area contributed by atoms with Gasteiger partial charge in [0.25, 0.3) is 0 Å². The van der Waals surface area contributed by atoms with Crippen LogP contribution in [0.1, 0.15) is 156 Å². The standard InChI is InChI=1S/2C34H34N4O4.Sn/c2*1-7-21-17(3)25-13-26-19(5)23(9-11-33(39)40)31(37-26)16-32-24(10-12-34(41)42)20(6)28(38-32)15-30-22(8-2)18(4)27(36-30)14-29(21)35-25;/h2*7-8,13-16,35,38H,1-2,9-12H2,3-6H3,(H,39,40)(H,41,42);/q;;+4/p-4. The normalized spacial score (nSPS) is 12.9. The molecule has 0 saturated heterocycles. The van der Waals surface area contributed by atoms with E-state index in [0.29, 0.717) is 33.8 Å². The minimum absolute atomic E-state index is 0. The fourth-order valence-electron chi connectivity index (χ4n) is 11.5. The third kappa shape index (κ3) is 12.4. The monoisotopic (exact) mass is 1240 g/mol. The Morgan fingerprint density at radius 1 is 0.365 bits per heavy atom. The average Bonchev–Trinajstić information content (AvgIpc) is 1.94. The first-order valence-corrected chi connectivity index (χ1v) is 27.7. The fraction of sp³-hybridized carbons (Fsp3) is 0.235. The zero-order valence-corrected chi connectivity index (χ0v) is 51.8. The number of carboxylic acid groups (broad SMARTS) is 4. The molecule has 4 N–H and O–H groups in total. The topological polar surface area (TPSA) is 275 Å². The second-order valence-electron chi connectivity index (χ2n) is 21.4. The maximum absolute atomic E-state index is 11.4. The first-order valence-electron chi connectivity index (χ1n) is 27.7. The molecule has 10 rings (SSSR count). The van der Waals surface area contributed by atoms with Gasteiger partial charge in [-0.3, -0.25) is 0 Å². The first-order chi connectivity index (χ1) is 40.0. The van der Waals surface area contributed by atoms with Crippen molar-refractivity contribution in [2.75, 3.05) is 0 Å². The van der Waals surface area contributed by atoms with E-state index >= 15 is 0 Å². The molecule has 85 heavy (non-hydrogen) atoms.